The molecule has 2 N–H and O–H groups in total. The molecule has 0 unspecified atom stereocenters. The fourth-order valence-electron chi connectivity index (χ4n) is 7.39. The van der Waals surface area contributed by atoms with E-state index in [1.807, 2.05) is 6.07 Å². The predicted molar refractivity (Wildman–Crippen MR) is 185 cm³/mol. The molecule has 1 fully saturated rings. The third-order valence-electron chi connectivity index (χ3n) is 9.63. The van der Waals surface area contributed by atoms with Gasteiger partial charge in [0.1, 0.15) is 5.75 Å². The summed E-state index contributed by atoms with van der Waals surface area (Å²) in [4.78, 5) is 40.7. The normalized spacial score (nSPS) is 21.4. The van der Waals surface area contributed by atoms with E-state index in [-0.39, 0.29) is 24.7 Å². The fraction of sp³-hybridized carbons (Fsp3) is 0.371. The van der Waals surface area contributed by atoms with Gasteiger partial charge in [0.2, 0.25) is 8.41 Å². The molecule has 13 nitrogen and oxygen atoms in total. The quantitative estimate of drug-likeness (QED) is 0.0853. The Balaban J connectivity index is 1.31. The highest BCUT2D eigenvalue weighted by Crippen LogP contribution is 2.60. The number of carbonyl (C=O) groups is 2. The standard InChI is InChI=1S/C35H39FN6O7Si/c1-22-32(50(3,4)36)31(14-16-40-21-26(15-17-43)38-39-40)49-35(22)29-19-27(42(46)47)10-13-30(29)41(34(35)45)20-23-6-5-7-25(18-23)37-33(44)24-8-11-28(48-2)12-9-24/h5-13,18-19,21-22,31-32,43H,14-17,20H2,1-4H3,(H,37,44)/t22-,31+,32-,35+/m1/s1. The van der Waals surface area contributed by atoms with Crippen molar-refractivity contribution in [3.8, 4) is 5.75 Å². The number of methoxy groups -OCH3 is 1. The summed E-state index contributed by atoms with van der Waals surface area (Å²) in [6, 6.07) is 18.0. The molecule has 262 valence electrons. The second-order valence-corrected chi connectivity index (χ2v) is 17.0. The average Bonchev–Trinajstić information content (AvgIpc) is 3.73. The Morgan fingerprint density at radius 1 is 1.18 bits per heavy atom. The number of carbonyl (C=O) groups excluding carboxylic acids is 2. The summed E-state index contributed by atoms with van der Waals surface area (Å²) in [6.45, 7) is 5.33. The number of halogens is 1. The minimum atomic E-state index is -3.48. The highest BCUT2D eigenvalue weighted by atomic mass is 28.4. The Morgan fingerprint density at radius 2 is 1.94 bits per heavy atom. The molecule has 3 heterocycles. The van der Waals surface area contributed by atoms with E-state index >= 15 is 4.11 Å². The lowest BCUT2D eigenvalue weighted by molar-refractivity contribution is -0.385. The van der Waals surface area contributed by atoms with Crippen LogP contribution in [-0.2, 0) is 34.6 Å². The maximum absolute atomic E-state index is 16.2. The number of nitro groups is 1. The molecule has 4 atom stereocenters. The maximum Gasteiger partial charge on any atom is 0.269 e. The monoisotopic (exact) mass is 702 g/mol. The smallest absolute Gasteiger partial charge is 0.269 e. The minimum absolute atomic E-state index is 0.0685. The number of aryl methyl sites for hydroxylation is 1. The Bertz CT molecular complexity index is 1920. The zero-order chi connectivity index (χ0) is 35.8. The molecule has 0 aliphatic carbocycles. The first-order valence-electron chi connectivity index (χ1n) is 16.4. The van der Waals surface area contributed by atoms with E-state index in [1.165, 1.54) is 17.0 Å². The number of anilines is 2. The number of aromatic nitrogens is 3. The fourth-order valence-corrected chi connectivity index (χ4v) is 9.93. The van der Waals surface area contributed by atoms with Crippen LogP contribution < -0.4 is 15.0 Å². The molecule has 2 amide bonds. The number of benzene rings is 3. The van der Waals surface area contributed by atoms with Gasteiger partial charge < -0.3 is 28.9 Å². The number of aliphatic hydroxyl groups is 1. The number of hydrogen-bond donors (Lipinski definition) is 2. The van der Waals surface area contributed by atoms with Gasteiger partial charge in [-0.15, -0.1) is 5.10 Å². The zero-order valence-electron chi connectivity index (χ0n) is 28.2. The molecule has 1 saturated heterocycles. The number of nitro benzene ring substituents is 1. The van der Waals surface area contributed by atoms with Crippen molar-refractivity contribution in [1.82, 2.24) is 15.0 Å². The van der Waals surface area contributed by atoms with Crippen molar-refractivity contribution in [3.05, 3.63) is 105 Å². The molecule has 50 heavy (non-hydrogen) atoms. The molecule has 3 aromatic carbocycles. The Hall–Kier alpha value is -4.99. The predicted octanol–water partition coefficient (Wildman–Crippen LogP) is 5.39. The summed E-state index contributed by atoms with van der Waals surface area (Å²) in [7, 11) is -1.94. The lowest BCUT2D eigenvalue weighted by Gasteiger charge is -2.31. The minimum Gasteiger partial charge on any atom is -0.497 e. The number of rotatable bonds is 12. The molecule has 0 saturated carbocycles. The lowest BCUT2D eigenvalue weighted by Crippen LogP contribution is -2.45. The van der Waals surface area contributed by atoms with Crippen LogP contribution in [0, 0.1) is 16.0 Å². The molecule has 2 aliphatic heterocycles. The number of hydrogen-bond acceptors (Lipinski definition) is 9. The SMILES string of the molecule is COc1ccc(C(=O)Nc2cccc(CN3C(=O)[C@@]4(O[C@@H](CCn5cc(CCO)nn5)[C@H]([Si](C)(C)F)[C@H]4C)c4cc([N+](=O)[O-])ccc43)c2)cc1. The largest absolute Gasteiger partial charge is 0.497 e. The third-order valence-corrected chi connectivity index (χ3v) is 12.1. The second-order valence-electron chi connectivity index (χ2n) is 13.2. The Labute approximate surface area is 289 Å². The average molecular weight is 703 g/mol. The van der Waals surface area contributed by atoms with Crippen LogP contribution in [0.25, 0.3) is 0 Å². The van der Waals surface area contributed by atoms with Crippen LogP contribution >= 0.6 is 0 Å². The van der Waals surface area contributed by atoms with Gasteiger partial charge in [-0.05, 0) is 67.5 Å². The first-order valence-corrected chi connectivity index (χ1v) is 19.3. The first-order chi connectivity index (χ1) is 23.8. The number of non-ortho nitro benzene ring substituents is 1. The second kappa shape index (κ2) is 13.7. The van der Waals surface area contributed by atoms with E-state index in [0.717, 1.165) is 0 Å². The summed E-state index contributed by atoms with van der Waals surface area (Å²) in [5.41, 5.74) is 0.575. The van der Waals surface area contributed by atoms with Gasteiger partial charge in [0.15, 0.2) is 5.60 Å². The van der Waals surface area contributed by atoms with Crippen molar-refractivity contribution >= 4 is 37.3 Å². The molecular formula is C35H39FN6O7Si. The number of nitrogens with one attached hydrogen (secondary N) is 1. The third kappa shape index (κ3) is 6.51. The van der Waals surface area contributed by atoms with Crippen LogP contribution in [0.1, 0.15) is 40.5 Å². The number of nitrogens with zero attached hydrogens (tertiary/aromatic N) is 5. The number of fused-ring (bicyclic) bond motifs is 2. The van der Waals surface area contributed by atoms with Crippen LogP contribution in [-0.4, -0.2) is 65.1 Å². The van der Waals surface area contributed by atoms with Crippen LogP contribution in [0.3, 0.4) is 0 Å². The van der Waals surface area contributed by atoms with Crippen LogP contribution in [0.15, 0.2) is 72.9 Å². The summed E-state index contributed by atoms with van der Waals surface area (Å²) in [5.74, 6) is -0.767. The molecular weight excluding hydrogens is 664 g/mol. The lowest BCUT2D eigenvalue weighted by atomic mass is 9.82. The topological polar surface area (TPSA) is 162 Å². The van der Waals surface area contributed by atoms with Gasteiger partial charge in [-0.3, -0.25) is 24.4 Å². The van der Waals surface area contributed by atoms with Gasteiger partial charge in [0.05, 0.1) is 36.1 Å². The van der Waals surface area contributed by atoms with E-state index in [1.54, 1.807) is 86.5 Å². The van der Waals surface area contributed by atoms with Gasteiger partial charge >= 0.3 is 0 Å². The summed E-state index contributed by atoms with van der Waals surface area (Å²) in [5, 5.41) is 32.3. The van der Waals surface area contributed by atoms with Crippen LogP contribution in [0.4, 0.5) is 21.2 Å². The van der Waals surface area contributed by atoms with E-state index in [0.29, 0.717) is 58.9 Å². The highest BCUT2D eigenvalue weighted by molar-refractivity contribution is 6.72. The molecule has 1 spiro atoms. The van der Waals surface area contributed by atoms with Crippen molar-refractivity contribution in [3.63, 3.8) is 0 Å². The van der Waals surface area contributed by atoms with Crippen LogP contribution in [0.5, 0.6) is 5.75 Å². The van der Waals surface area contributed by atoms with Crippen molar-refractivity contribution in [1.29, 1.82) is 0 Å². The summed E-state index contributed by atoms with van der Waals surface area (Å²) >= 11 is 0. The zero-order valence-corrected chi connectivity index (χ0v) is 29.2. The molecule has 2 aliphatic rings. The molecule has 1 aromatic heterocycles. The van der Waals surface area contributed by atoms with Gasteiger partial charge in [-0.25, -0.2) is 0 Å². The Morgan fingerprint density at radius 3 is 2.62 bits per heavy atom. The van der Waals surface area contributed by atoms with Crippen molar-refractivity contribution in [2.45, 2.75) is 63.2 Å². The number of amides is 2. The van der Waals surface area contributed by atoms with Gasteiger partial charge in [0.25, 0.3) is 17.5 Å². The Kier molecular flexibility index (Phi) is 9.57. The van der Waals surface area contributed by atoms with E-state index in [4.69, 9.17) is 9.47 Å². The summed E-state index contributed by atoms with van der Waals surface area (Å²) < 4.78 is 29.8. The number of ether oxygens (including phenoxy) is 2. The van der Waals surface area contributed by atoms with E-state index in [2.05, 4.69) is 15.6 Å². The van der Waals surface area contributed by atoms with Gasteiger partial charge in [-0.1, -0.05) is 24.3 Å². The molecule has 0 radical (unpaired) electrons. The maximum atomic E-state index is 16.2. The van der Waals surface area contributed by atoms with Gasteiger partial charge in [-0.2, -0.15) is 0 Å². The van der Waals surface area contributed by atoms with Crippen molar-refractivity contribution in [2.75, 3.05) is 23.9 Å². The molecule has 6 rings (SSSR count). The van der Waals surface area contributed by atoms with E-state index in [9.17, 15) is 24.8 Å². The number of aliphatic hydroxyl groups excluding tert-OH is 1. The van der Waals surface area contributed by atoms with Crippen LogP contribution in [0.2, 0.25) is 18.6 Å². The van der Waals surface area contributed by atoms with Crippen molar-refractivity contribution in [2.24, 2.45) is 5.92 Å². The van der Waals surface area contributed by atoms with Gasteiger partial charge in [0, 0.05) is 66.2 Å². The molecule has 4 aromatic rings. The first kappa shape index (κ1) is 34.9. The summed E-state index contributed by atoms with van der Waals surface area (Å²) in [6.07, 6.45) is 1.71. The van der Waals surface area contributed by atoms with E-state index < -0.39 is 42.4 Å². The highest BCUT2D eigenvalue weighted by Gasteiger charge is 2.66. The molecule has 0 bridgehead atoms. The van der Waals surface area contributed by atoms with Crippen molar-refractivity contribution < 1.29 is 33.2 Å². The molecule has 15 heteroatoms.